The molecule has 1 aliphatic heterocycles. The van der Waals surface area contributed by atoms with Gasteiger partial charge in [-0.3, -0.25) is 0 Å². The largest absolute Gasteiger partial charge is 0.467 e. The van der Waals surface area contributed by atoms with Crippen molar-refractivity contribution < 1.29 is 14.3 Å². The highest BCUT2D eigenvalue weighted by atomic mass is 79.9. The fourth-order valence-electron chi connectivity index (χ4n) is 2.98. The zero-order valence-electron chi connectivity index (χ0n) is 14.0. The van der Waals surface area contributed by atoms with Crippen LogP contribution in [0.2, 0.25) is 0 Å². The highest BCUT2D eigenvalue weighted by Crippen LogP contribution is 2.33. The molecule has 1 aliphatic rings. The van der Waals surface area contributed by atoms with Gasteiger partial charge in [-0.05, 0) is 24.6 Å². The maximum absolute atomic E-state index is 12.8. The number of methoxy groups -OCH3 is 1. The molecule has 8 heteroatoms. The summed E-state index contributed by atoms with van der Waals surface area (Å²) in [4.78, 5) is 33.6. The van der Waals surface area contributed by atoms with Crippen molar-refractivity contribution in [1.82, 2.24) is 20.2 Å². The zero-order chi connectivity index (χ0) is 18.0. The Morgan fingerprint density at radius 3 is 2.80 bits per heavy atom. The van der Waals surface area contributed by atoms with Crippen LogP contribution >= 0.6 is 15.9 Å². The van der Waals surface area contributed by atoms with E-state index in [0.29, 0.717) is 13.0 Å². The second-order valence-electron chi connectivity index (χ2n) is 5.86. The van der Waals surface area contributed by atoms with Crippen LogP contribution in [-0.2, 0) is 16.0 Å². The summed E-state index contributed by atoms with van der Waals surface area (Å²) in [5, 5.41) is 2.70. The van der Waals surface area contributed by atoms with E-state index in [4.69, 9.17) is 0 Å². The van der Waals surface area contributed by atoms with Crippen molar-refractivity contribution in [2.75, 3.05) is 13.7 Å². The van der Waals surface area contributed by atoms with Crippen molar-refractivity contribution in [2.45, 2.75) is 25.4 Å². The lowest BCUT2D eigenvalue weighted by atomic mass is 9.96. The van der Waals surface area contributed by atoms with Crippen molar-refractivity contribution in [3.63, 3.8) is 0 Å². The van der Waals surface area contributed by atoms with E-state index in [2.05, 4.69) is 36.0 Å². The highest BCUT2D eigenvalue weighted by Gasteiger charge is 2.35. The van der Waals surface area contributed by atoms with Crippen molar-refractivity contribution in [1.29, 1.82) is 0 Å². The first-order chi connectivity index (χ1) is 12.0. The number of aromatic amines is 1. The van der Waals surface area contributed by atoms with E-state index in [1.54, 1.807) is 18.2 Å². The number of aromatic nitrogens is 2. The van der Waals surface area contributed by atoms with Gasteiger partial charge in [0.1, 0.15) is 12.1 Å². The molecule has 2 N–H and O–H groups in total. The normalized spacial score (nSPS) is 17.6. The Kier molecular flexibility index (Phi) is 5.08. The van der Waals surface area contributed by atoms with Crippen LogP contribution in [0, 0.1) is 0 Å². The Morgan fingerprint density at radius 2 is 2.12 bits per heavy atom. The maximum atomic E-state index is 12.8. The van der Waals surface area contributed by atoms with E-state index in [-0.39, 0.29) is 12.1 Å². The van der Waals surface area contributed by atoms with Gasteiger partial charge in [-0.25, -0.2) is 14.6 Å². The number of carbonyl (C=O) groups excluding carboxylic acids is 2. The summed E-state index contributed by atoms with van der Waals surface area (Å²) in [6.07, 6.45) is 2.33. The molecule has 3 rings (SSSR count). The molecule has 2 amide bonds. The molecule has 0 spiro atoms. The summed E-state index contributed by atoms with van der Waals surface area (Å²) in [7, 11) is 1.30. The van der Waals surface area contributed by atoms with E-state index in [1.165, 1.54) is 7.11 Å². The number of hydrogen-bond donors (Lipinski definition) is 2. The number of carbonyl (C=O) groups is 2. The summed E-state index contributed by atoms with van der Waals surface area (Å²) in [6.45, 7) is 2.12. The third kappa shape index (κ3) is 3.53. The quantitative estimate of drug-likeness (QED) is 0.765. The van der Waals surface area contributed by atoms with E-state index < -0.39 is 12.0 Å². The third-order valence-corrected chi connectivity index (χ3v) is 4.79. The standard InChI is InChI=1S/C17H19BrN4O3/c1-10(16(23)25-2)21-17(24)22-8-7-13-14(20-9-19-13)15(22)11-3-5-12(18)6-4-11/h3-6,9-10,15H,7-8H2,1-2H3,(H,19,20)(H,21,24)/t10-,15?/m0/s1. The van der Waals surface area contributed by atoms with Crippen molar-refractivity contribution in [3.8, 4) is 0 Å². The number of fused-ring (bicyclic) bond motifs is 1. The number of amides is 2. The van der Waals surface area contributed by atoms with Gasteiger partial charge in [-0.1, -0.05) is 28.1 Å². The number of ether oxygens (including phenoxy) is 1. The molecule has 132 valence electrons. The Hall–Kier alpha value is -2.35. The van der Waals surface area contributed by atoms with Crippen LogP contribution < -0.4 is 5.32 Å². The number of halogens is 1. The fraction of sp³-hybridized carbons (Fsp3) is 0.353. The monoisotopic (exact) mass is 406 g/mol. The SMILES string of the molecule is COC(=O)[C@H](C)NC(=O)N1CCc2[nH]cnc2C1c1ccc(Br)cc1. The van der Waals surface area contributed by atoms with Crippen LogP contribution in [0.3, 0.4) is 0 Å². The summed E-state index contributed by atoms with van der Waals surface area (Å²) >= 11 is 3.43. The van der Waals surface area contributed by atoms with Crippen molar-refractivity contribution >= 4 is 27.9 Å². The summed E-state index contributed by atoms with van der Waals surface area (Å²) < 4.78 is 5.64. The minimum Gasteiger partial charge on any atom is -0.467 e. The van der Waals surface area contributed by atoms with Gasteiger partial charge in [-0.15, -0.1) is 0 Å². The Bertz CT molecular complexity index is 774. The van der Waals surface area contributed by atoms with Gasteiger partial charge in [0.2, 0.25) is 0 Å². The molecule has 0 bridgehead atoms. The molecule has 1 aromatic heterocycles. The Labute approximate surface area is 153 Å². The molecule has 7 nitrogen and oxygen atoms in total. The van der Waals surface area contributed by atoms with E-state index >= 15 is 0 Å². The van der Waals surface area contributed by atoms with Crippen LogP contribution in [0.25, 0.3) is 0 Å². The molecule has 2 heterocycles. The molecule has 25 heavy (non-hydrogen) atoms. The second kappa shape index (κ2) is 7.26. The van der Waals surface area contributed by atoms with Crippen LogP contribution in [-0.4, -0.2) is 46.6 Å². The van der Waals surface area contributed by atoms with Crippen LogP contribution in [0.1, 0.15) is 29.9 Å². The molecular formula is C17H19BrN4O3. The molecule has 2 aromatic rings. The Morgan fingerprint density at radius 1 is 1.40 bits per heavy atom. The molecule has 0 radical (unpaired) electrons. The van der Waals surface area contributed by atoms with E-state index in [0.717, 1.165) is 21.4 Å². The lowest BCUT2D eigenvalue weighted by molar-refractivity contribution is -0.142. The number of hydrogen-bond acceptors (Lipinski definition) is 4. The maximum Gasteiger partial charge on any atom is 0.328 e. The molecule has 2 atom stereocenters. The minimum atomic E-state index is -0.719. The number of rotatable bonds is 3. The molecular weight excluding hydrogens is 388 g/mol. The van der Waals surface area contributed by atoms with Gasteiger partial charge >= 0.3 is 12.0 Å². The number of nitrogens with one attached hydrogen (secondary N) is 2. The molecule has 0 saturated carbocycles. The van der Waals surface area contributed by atoms with Gasteiger partial charge in [-0.2, -0.15) is 0 Å². The summed E-state index contributed by atoms with van der Waals surface area (Å²) in [5.74, 6) is -0.481. The van der Waals surface area contributed by atoms with E-state index in [9.17, 15) is 9.59 Å². The Balaban J connectivity index is 1.90. The topological polar surface area (TPSA) is 87.3 Å². The van der Waals surface area contributed by atoms with Gasteiger partial charge in [0.15, 0.2) is 0 Å². The average molecular weight is 407 g/mol. The molecule has 1 aromatic carbocycles. The number of H-pyrrole nitrogens is 1. The predicted molar refractivity (Wildman–Crippen MR) is 95.0 cm³/mol. The molecule has 0 fully saturated rings. The molecule has 1 unspecified atom stereocenters. The zero-order valence-corrected chi connectivity index (χ0v) is 15.5. The number of nitrogens with zero attached hydrogens (tertiary/aromatic N) is 2. The average Bonchev–Trinajstić information content (AvgIpc) is 3.09. The van der Waals surface area contributed by atoms with Crippen LogP contribution in [0.5, 0.6) is 0 Å². The summed E-state index contributed by atoms with van der Waals surface area (Å²) in [6, 6.07) is 6.44. The summed E-state index contributed by atoms with van der Waals surface area (Å²) in [5.41, 5.74) is 2.81. The smallest absolute Gasteiger partial charge is 0.328 e. The minimum absolute atomic E-state index is 0.312. The predicted octanol–water partition coefficient (Wildman–Crippen LogP) is 2.39. The van der Waals surface area contributed by atoms with Crippen LogP contribution in [0.15, 0.2) is 35.1 Å². The number of urea groups is 1. The molecule has 0 saturated heterocycles. The first kappa shape index (κ1) is 17.5. The number of imidazole rings is 1. The van der Waals surface area contributed by atoms with E-state index in [1.807, 2.05) is 24.3 Å². The molecule has 0 aliphatic carbocycles. The number of esters is 1. The third-order valence-electron chi connectivity index (χ3n) is 4.27. The van der Waals surface area contributed by atoms with Crippen LogP contribution in [0.4, 0.5) is 4.79 Å². The highest BCUT2D eigenvalue weighted by molar-refractivity contribution is 9.10. The number of benzene rings is 1. The van der Waals surface area contributed by atoms with Gasteiger partial charge in [0.25, 0.3) is 0 Å². The van der Waals surface area contributed by atoms with Gasteiger partial charge < -0.3 is 19.9 Å². The second-order valence-corrected chi connectivity index (χ2v) is 6.77. The van der Waals surface area contributed by atoms with Crippen molar-refractivity contribution in [2.24, 2.45) is 0 Å². The van der Waals surface area contributed by atoms with Gasteiger partial charge in [0, 0.05) is 23.1 Å². The lowest BCUT2D eigenvalue weighted by Gasteiger charge is -2.35. The first-order valence-corrected chi connectivity index (χ1v) is 8.73. The van der Waals surface area contributed by atoms with Crippen molar-refractivity contribution in [3.05, 3.63) is 52.0 Å². The fourth-order valence-corrected chi connectivity index (χ4v) is 3.25. The van der Waals surface area contributed by atoms with Gasteiger partial charge in [0.05, 0.1) is 19.1 Å². The first-order valence-electron chi connectivity index (χ1n) is 7.94. The lowest BCUT2D eigenvalue weighted by Crippen LogP contribution is -2.50.